The van der Waals surface area contributed by atoms with Crippen LogP contribution in [0.5, 0.6) is 0 Å². The van der Waals surface area contributed by atoms with Crippen LogP contribution in [0.3, 0.4) is 0 Å². The summed E-state index contributed by atoms with van der Waals surface area (Å²) >= 11 is 0. The summed E-state index contributed by atoms with van der Waals surface area (Å²) in [6.07, 6.45) is 1.42. The van der Waals surface area contributed by atoms with Gasteiger partial charge in [0.15, 0.2) is 0 Å². The van der Waals surface area contributed by atoms with Crippen molar-refractivity contribution in [3.8, 4) is 0 Å². The van der Waals surface area contributed by atoms with Crippen LogP contribution in [0.15, 0.2) is 0 Å². The van der Waals surface area contributed by atoms with Crippen molar-refractivity contribution >= 4 is 0 Å². The zero-order valence-electron chi connectivity index (χ0n) is 8.86. The van der Waals surface area contributed by atoms with Crippen LogP contribution in [0.25, 0.3) is 0 Å². The molecule has 11 heavy (non-hydrogen) atoms. The van der Waals surface area contributed by atoms with E-state index < -0.39 is 0 Å². The summed E-state index contributed by atoms with van der Waals surface area (Å²) in [5.41, 5.74) is 1.23. The summed E-state index contributed by atoms with van der Waals surface area (Å²) in [6.45, 7) is 14.3. The van der Waals surface area contributed by atoms with Crippen LogP contribution < -0.4 is 0 Å². The van der Waals surface area contributed by atoms with Crippen LogP contribution >= 0.6 is 0 Å². The Morgan fingerprint density at radius 3 is 1.45 bits per heavy atom. The Labute approximate surface area is 71.4 Å². The summed E-state index contributed by atoms with van der Waals surface area (Å²) in [5, 5.41) is 0. The average Bonchev–Trinajstić information content (AvgIpc) is 2.32. The minimum atomic E-state index is 0.608. The molecule has 0 aromatic heterocycles. The molecule has 0 N–H and O–H groups in total. The van der Waals surface area contributed by atoms with Gasteiger partial charge < -0.3 is 0 Å². The van der Waals surface area contributed by atoms with Gasteiger partial charge in [0.1, 0.15) is 0 Å². The Hall–Kier alpha value is 0. The van der Waals surface area contributed by atoms with Gasteiger partial charge in [-0.2, -0.15) is 0 Å². The van der Waals surface area contributed by atoms with E-state index in [2.05, 4.69) is 41.5 Å². The highest BCUT2D eigenvalue weighted by molar-refractivity contribution is 5.09. The monoisotopic (exact) mass is 154 g/mol. The molecule has 0 aliphatic heterocycles. The SMILES string of the molecule is CC(C)C(C)C1(C)CC1(C)C. The van der Waals surface area contributed by atoms with Crippen molar-refractivity contribution in [2.75, 3.05) is 0 Å². The van der Waals surface area contributed by atoms with Crippen molar-refractivity contribution < 1.29 is 0 Å². The quantitative estimate of drug-likeness (QED) is 0.568. The van der Waals surface area contributed by atoms with E-state index in [1.807, 2.05) is 0 Å². The van der Waals surface area contributed by atoms with E-state index in [0.717, 1.165) is 11.8 Å². The second-order valence-corrected chi connectivity index (χ2v) is 5.51. The molecule has 0 heterocycles. The maximum atomic E-state index is 2.44. The predicted octanol–water partition coefficient (Wildman–Crippen LogP) is 3.71. The third-order valence-corrected chi connectivity index (χ3v) is 4.24. The lowest BCUT2D eigenvalue weighted by Gasteiger charge is -2.26. The van der Waals surface area contributed by atoms with Crippen LogP contribution in [-0.4, -0.2) is 0 Å². The maximum Gasteiger partial charge on any atom is -0.0241 e. The molecule has 0 spiro atoms. The summed E-state index contributed by atoms with van der Waals surface area (Å²) in [7, 11) is 0. The third-order valence-electron chi connectivity index (χ3n) is 4.24. The van der Waals surface area contributed by atoms with Gasteiger partial charge in [-0.05, 0) is 29.1 Å². The summed E-state index contributed by atoms with van der Waals surface area (Å²) in [4.78, 5) is 0. The van der Waals surface area contributed by atoms with Gasteiger partial charge in [-0.1, -0.05) is 41.5 Å². The van der Waals surface area contributed by atoms with E-state index in [1.54, 1.807) is 0 Å². The normalized spacial score (nSPS) is 37.4. The molecule has 0 aromatic rings. The van der Waals surface area contributed by atoms with Crippen LogP contribution in [-0.2, 0) is 0 Å². The molecule has 0 heteroatoms. The van der Waals surface area contributed by atoms with Crippen molar-refractivity contribution in [3.05, 3.63) is 0 Å². The molecule has 0 aromatic carbocycles. The molecule has 1 rings (SSSR count). The molecule has 1 aliphatic carbocycles. The van der Waals surface area contributed by atoms with Crippen LogP contribution in [0.1, 0.15) is 48.0 Å². The van der Waals surface area contributed by atoms with Crippen molar-refractivity contribution in [2.24, 2.45) is 22.7 Å². The summed E-state index contributed by atoms with van der Waals surface area (Å²) in [6, 6.07) is 0. The second-order valence-electron chi connectivity index (χ2n) is 5.51. The Bertz CT molecular complexity index is 155. The van der Waals surface area contributed by atoms with Crippen molar-refractivity contribution in [2.45, 2.75) is 48.0 Å². The van der Waals surface area contributed by atoms with Crippen LogP contribution in [0.4, 0.5) is 0 Å². The van der Waals surface area contributed by atoms with Gasteiger partial charge in [0.25, 0.3) is 0 Å². The lowest BCUT2D eigenvalue weighted by molar-refractivity contribution is 0.225. The summed E-state index contributed by atoms with van der Waals surface area (Å²) in [5.74, 6) is 1.71. The average molecular weight is 154 g/mol. The molecule has 0 saturated heterocycles. The van der Waals surface area contributed by atoms with Gasteiger partial charge in [-0.25, -0.2) is 0 Å². The predicted molar refractivity (Wildman–Crippen MR) is 50.5 cm³/mol. The molecule has 2 unspecified atom stereocenters. The molecule has 66 valence electrons. The number of rotatable bonds is 2. The first-order valence-corrected chi connectivity index (χ1v) is 4.81. The van der Waals surface area contributed by atoms with Crippen LogP contribution in [0, 0.1) is 22.7 Å². The highest BCUT2D eigenvalue weighted by Gasteiger charge is 2.60. The van der Waals surface area contributed by atoms with Crippen molar-refractivity contribution in [3.63, 3.8) is 0 Å². The van der Waals surface area contributed by atoms with Crippen LogP contribution in [0.2, 0.25) is 0 Å². The Morgan fingerprint density at radius 2 is 1.36 bits per heavy atom. The Kier molecular flexibility index (Phi) is 1.85. The molecule has 1 aliphatic rings. The first-order chi connectivity index (χ1) is 4.81. The molecular formula is C11H22. The standard InChI is InChI=1S/C11H22/c1-8(2)9(3)11(6)7-10(11,4)5/h8-9H,7H2,1-6H3. The Morgan fingerprint density at radius 1 is 1.00 bits per heavy atom. The molecule has 0 radical (unpaired) electrons. The maximum absolute atomic E-state index is 2.44. The lowest BCUT2D eigenvalue weighted by Crippen LogP contribution is -2.19. The molecule has 1 saturated carbocycles. The largest absolute Gasteiger partial charge is 0.0625 e. The van der Waals surface area contributed by atoms with Gasteiger partial charge in [-0.3, -0.25) is 0 Å². The third kappa shape index (κ3) is 1.21. The van der Waals surface area contributed by atoms with E-state index >= 15 is 0 Å². The van der Waals surface area contributed by atoms with E-state index in [4.69, 9.17) is 0 Å². The fourth-order valence-corrected chi connectivity index (χ4v) is 2.39. The van der Waals surface area contributed by atoms with Gasteiger partial charge in [0.2, 0.25) is 0 Å². The van der Waals surface area contributed by atoms with Crippen molar-refractivity contribution in [1.29, 1.82) is 0 Å². The molecule has 0 amide bonds. The highest BCUT2D eigenvalue weighted by Crippen LogP contribution is 2.68. The van der Waals surface area contributed by atoms with E-state index in [1.165, 1.54) is 6.42 Å². The zero-order valence-corrected chi connectivity index (χ0v) is 8.86. The number of hydrogen-bond donors (Lipinski definition) is 0. The fourth-order valence-electron chi connectivity index (χ4n) is 2.39. The Balaban J connectivity index is 2.64. The molecule has 2 atom stereocenters. The number of hydrogen-bond acceptors (Lipinski definition) is 0. The molecular weight excluding hydrogens is 132 g/mol. The highest BCUT2D eigenvalue weighted by atomic mass is 14.6. The van der Waals surface area contributed by atoms with Gasteiger partial charge in [-0.15, -0.1) is 0 Å². The van der Waals surface area contributed by atoms with Crippen molar-refractivity contribution in [1.82, 2.24) is 0 Å². The van der Waals surface area contributed by atoms with E-state index in [-0.39, 0.29) is 0 Å². The van der Waals surface area contributed by atoms with Gasteiger partial charge in [0.05, 0.1) is 0 Å². The summed E-state index contributed by atoms with van der Waals surface area (Å²) < 4.78 is 0. The smallest absolute Gasteiger partial charge is 0.0241 e. The van der Waals surface area contributed by atoms with E-state index in [0.29, 0.717) is 10.8 Å². The second kappa shape index (κ2) is 2.24. The zero-order chi connectivity index (χ0) is 8.86. The fraction of sp³-hybridized carbons (Fsp3) is 1.00. The molecule has 1 fully saturated rings. The molecule has 0 nitrogen and oxygen atoms in total. The minimum absolute atomic E-state index is 0.608. The first kappa shape index (κ1) is 9.09. The van der Waals surface area contributed by atoms with E-state index in [9.17, 15) is 0 Å². The van der Waals surface area contributed by atoms with Gasteiger partial charge in [0, 0.05) is 0 Å². The minimum Gasteiger partial charge on any atom is -0.0625 e. The molecule has 0 bridgehead atoms. The topological polar surface area (TPSA) is 0 Å². The first-order valence-electron chi connectivity index (χ1n) is 4.81. The lowest BCUT2D eigenvalue weighted by atomic mass is 9.79. The van der Waals surface area contributed by atoms with Gasteiger partial charge >= 0.3 is 0 Å².